The number of carbonyl (C=O) groups is 2. The Labute approximate surface area is 677 Å². The van der Waals surface area contributed by atoms with E-state index in [9.17, 15) is 9.59 Å². The number of ketones is 2. The van der Waals surface area contributed by atoms with Gasteiger partial charge in [-0.1, -0.05) is 153 Å². The standard InChI is InChI=1S/2C16H15N3S.2C16H15N3.C15H16N2O.C14H14N2O.CH4/c1-17-10-15-12(8-13-9-18-16(20)19-13)7-6-11-4-2-3-5-14(11)15;17-8-7-15-12(9-13-10-18-16(20)19-13)6-5-11-3-1-2-4-14(11)15;1-17-10-16-13(8-14-9-18-11-19-14)7-6-12-4-2-3-5-15(12)16;17-8-7-16-13(9-14-10-18-11-19-14)6-5-12-3-1-2-4-15(12)16;1-17-9-13(16-10-17)8-12-7-6-11-4-2-3-5-14(11)15(12)18;17-14-11(7-12-8-15-9-16-12)6-5-10-3-1-2-4-13(10)14;/h2-5,9-10,12H,6-8H2,(H2,18,19,20);1-4,7,10,12H,5-6,9H2,(H2,18,19,20);2-5,9-11,13H,6-8H2,(H,18,19);1-4,7,10-11,13H,5-6,9H2,(H,18,19);2-5,9-10,12H,6-8H2,1H3;1-4,8-9,11H,5-7H2,(H,15,16);1H4/b15-10-;15-7+;16-10-;16-7+;;;. The lowest BCUT2D eigenvalue weighted by Crippen LogP contribution is -2.24. The van der Waals surface area contributed by atoms with Crippen molar-refractivity contribution >= 4 is 58.3 Å². The van der Waals surface area contributed by atoms with E-state index in [1.54, 1.807) is 56.1 Å². The Morgan fingerprint density at radius 3 is 1.04 bits per heavy atom. The molecule has 0 spiro atoms. The summed E-state index contributed by atoms with van der Waals surface area (Å²) in [5.74, 6) is 2.30. The van der Waals surface area contributed by atoms with Crippen LogP contribution in [0.25, 0.3) is 32.0 Å². The van der Waals surface area contributed by atoms with Gasteiger partial charge in [0.05, 0.1) is 56.3 Å². The van der Waals surface area contributed by atoms with Gasteiger partial charge in [0.15, 0.2) is 33.5 Å². The first kappa shape index (κ1) is 80.8. The van der Waals surface area contributed by atoms with E-state index in [1.807, 2.05) is 97.2 Å². The molecule has 114 heavy (non-hydrogen) atoms. The van der Waals surface area contributed by atoms with Crippen molar-refractivity contribution in [2.24, 2.45) is 42.6 Å². The molecular formula is C94H94N16O2S2. The number of Topliss-reactive ketones (excluding diaryl/α,β-unsaturated/α-hetero) is 2. The van der Waals surface area contributed by atoms with E-state index < -0.39 is 0 Å². The van der Waals surface area contributed by atoms with Gasteiger partial charge in [0.2, 0.25) is 0 Å². The number of aryl methyl sites for hydroxylation is 7. The van der Waals surface area contributed by atoms with E-state index in [0.29, 0.717) is 33.2 Å². The Hall–Kier alpha value is -12.7. The summed E-state index contributed by atoms with van der Waals surface area (Å²) in [4.78, 5) is 69.8. The van der Waals surface area contributed by atoms with Crippen LogP contribution >= 0.6 is 24.4 Å². The Bertz CT molecular complexity index is 5430. The highest BCUT2D eigenvalue weighted by Crippen LogP contribution is 2.42. The second-order valence-corrected chi connectivity index (χ2v) is 30.3. The molecule has 6 aromatic heterocycles. The van der Waals surface area contributed by atoms with Crippen LogP contribution < -0.4 is 0 Å². The fraction of sp³-hybridized carbons (Fsp3) is 0.277. The summed E-state index contributed by atoms with van der Waals surface area (Å²) in [6.07, 6.45) is 42.7. The van der Waals surface area contributed by atoms with E-state index in [-0.39, 0.29) is 30.8 Å². The van der Waals surface area contributed by atoms with Crippen LogP contribution in [0.15, 0.2) is 233 Å². The molecule has 6 heterocycles. The third-order valence-corrected chi connectivity index (χ3v) is 22.8. The van der Waals surface area contributed by atoms with Gasteiger partial charge in [-0.3, -0.25) is 9.59 Å². The van der Waals surface area contributed by atoms with Crippen molar-refractivity contribution < 1.29 is 9.59 Å². The summed E-state index contributed by atoms with van der Waals surface area (Å²) in [5.41, 5.74) is 25.7. The summed E-state index contributed by atoms with van der Waals surface area (Å²) in [6, 6.07) is 53.9. The summed E-state index contributed by atoms with van der Waals surface area (Å²) >= 11 is 10.1. The predicted molar refractivity (Wildman–Crippen MR) is 454 cm³/mol. The molecule has 0 saturated carbocycles. The molecule has 20 heteroatoms. The lowest BCUT2D eigenvalue weighted by molar-refractivity contribution is 0.0893. The summed E-state index contributed by atoms with van der Waals surface area (Å²) < 4.78 is 3.24. The molecule has 0 bridgehead atoms. The molecule has 0 aliphatic heterocycles. The Balaban J connectivity index is 0.000000126. The number of aromatic nitrogens is 12. The molecule has 574 valence electrons. The number of allylic oxidation sites excluding steroid dienone is 6. The molecule has 18 rings (SSSR count). The maximum absolute atomic E-state index is 12.4. The number of benzene rings is 6. The minimum atomic E-state index is 0. The molecule has 0 radical (unpaired) electrons. The highest BCUT2D eigenvalue weighted by Gasteiger charge is 2.31. The maximum Gasteiger partial charge on any atom is 0.174 e. The minimum absolute atomic E-state index is 0. The van der Waals surface area contributed by atoms with Gasteiger partial charge in [0.25, 0.3) is 0 Å². The van der Waals surface area contributed by atoms with Crippen molar-refractivity contribution in [2.45, 2.75) is 123 Å². The monoisotopic (exact) mass is 1540 g/mol. The van der Waals surface area contributed by atoms with Crippen LogP contribution in [0.5, 0.6) is 0 Å². The average molecular weight is 1540 g/mol. The molecule has 6 atom stereocenters. The summed E-state index contributed by atoms with van der Waals surface area (Å²) in [6.45, 7) is 14.3. The number of hydrogen-bond acceptors (Lipinski definition) is 10. The Morgan fingerprint density at radius 2 is 0.728 bits per heavy atom. The normalized spacial score (nSPS) is 19.3. The number of rotatable bonds is 12. The van der Waals surface area contributed by atoms with Gasteiger partial charge >= 0.3 is 0 Å². The molecule has 6 unspecified atom stereocenters. The second-order valence-electron chi connectivity index (χ2n) is 29.5. The van der Waals surface area contributed by atoms with E-state index >= 15 is 0 Å². The molecule has 6 aliphatic rings. The molecule has 0 fully saturated rings. The van der Waals surface area contributed by atoms with Crippen LogP contribution in [0, 0.1) is 80.9 Å². The smallest absolute Gasteiger partial charge is 0.174 e. The fourth-order valence-electron chi connectivity index (χ4n) is 16.8. The third kappa shape index (κ3) is 20.7. The van der Waals surface area contributed by atoms with E-state index in [0.717, 1.165) is 172 Å². The van der Waals surface area contributed by atoms with Crippen molar-refractivity contribution in [1.29, 1.82) is 10.5 Å². The molecular weight excluding hydrogens is 1450 g/mol. The Morgan fingerprint density at radius 1 is 0.430 bits per heavy atom. The van der Waals surface area contributed by atoms with Gasteiger partial charge in [0.1, 0.15) is 0 Å². The van der Waals surface area contributed by atoms with Crippen molar-refractivity contribution in [3.63, 3.8) is 0 Å². The van der Waals surface area contributed by atoms with Crippen molar-refractivity contribution in [3.8, 4) is 12.1 Å². The number of nitrogens with one attached hydrogen (secondary N) is 7. The van der Waals surface area contributed by atoms with E-state index in [1.165, 1.54) is 66.8 Å². The minimum Gasteiger partial charge on any atom is -0.348 e. The zero-order valence-electron chi connectivity index (χ0n) is 63.3. The van der Waals surface area contributed by atoms with E-state index in [2.05, 4.69) is 168 Å². The highest BCUT2D eigenvalue weighted by molar-refractivity contribution is 7.71. The lowest BCUT2D eigenvalue weighted by Gasteiger charge is -2.27. The first-order valence-corrected chi connectivity index (χ1v) is 39.5. The van der Waals surface area contributed by atoms with Crippen LogP contribution in [0.1, 0.15) is 156 Å². The number of nitrogens with zero attached hydrogens (tertiary/aromatic N) is 9. The lowest BCUT2D eigenvalue weighted by atomic mass is 9.77. The topological polar surface area (TPSA) is 257 Å². The number of fused-ring (bicyclic) bond motifs is 6. The van der Waals surface area contributed by atoms with Crippen LogP contribution in [-0.2, 0) is 84.1 Å². The van der Waals surface area contributed by atoms with Gasteiger partial charge in [0, 0.05) is 114 Å². The zero-order valence-corrected chi connectivity index (χ0v) is 64.9. The van der Waals surface area contributed by atoms with Crippen LogP contribution in [0.2, 0.25) is 0 Å². The second kappa shape index (κ2) is 40.0. The predicted octanol–water partition coefficient (Wildman–Crippen LogP) is 20.0. The van der Waals surface area contributed by atoms with Crippen molar-refractivity contribution in [3.05, 3.63) is 366 Å². The number of aromatic amines is 7. The first-order chi connectivity index (χ1) is 55.4. The van der Waals surface area contributed by atoms with Crippen LogP contribution in [0.3, 0.4) is 0 Å². The molecule has 0 saturated heterocycles. The molecule has 6 aromatic carbocycles. The van der Waals surface area contributed by atoms with Gasteiger partial charge < -0.3 is 39.5 Å². The van der Waals surface area contributed by atoms with Gasteiger partial charge in [-0.2, -0.15) is 10.5 Å². The van der Waals surface area contributed by atoms with Gasteiger partial charge in [-0.05, 0) is 235 Å². The van der Waals surface area contributed by atoms with Gasteiger partial charge in [-0.15, -0.1) is 0 Å². The van der Waals surface area contributed by atoms with Crippen molar-refractivity contribution in [2.75, 3.05) is 0 Å². The molecule has 18 nitrogen and oxygen atoms in total. The number of nitriles is 2. The molecule has 12 aromatic rings. The van der Waals surface area contributed by atoms with Crippen LogP contribution in [0.4, 0.5) is 0 Å². The number of carbonyl (C=O) groups excluding carboxylic acids is 2. The molecule has 7 N–H and O–H groups in total. The van der Waals surface area contributed by atoms with Gasteiger partial charge in [-0.25, -0.2) is 29.6 Å². The fourth-order valence-corrected chi connectivity index (χ4v) is 17.2. The van der Waals surface area contributed by atoms with Crippen LogP contribution in [-0.4, -0.2) is 71.0 Å². The molecule has 6 aliphatic carbocycles. The summed E-state index contributed by atoms with van der Waals surface area (Å²) in [5, 5.41) is 18.1. The Kier molecular flexibility index (Phi) is 28.3. The number of imidazole rings is 6. The maximum atomic E-state index is 12.4. The number of hydrogen-bond donors (Lipinski definition) is 7. The zero-order chi connectivity index (χ0) is 78.3. The SMILES string of the molecule is C.Cn1cnc(CC2CCc3ccccc3C2=O)c1.N#C/C=C1/c2ccccc2CCC1Cc1c[nH]c(=S)[nH]1.N#C/C=C1/c2ccccc2CCC1Cc1cnc[nH]1.O=C1c2ccccc2CCC1Cc1cnc[nH]1.[C-]#[N+]/C=C1\c2ccccc2CCC1Cc1c[nH]c(=S)[nH]1.[C-]#[N+]/C=C1\c2ccccc2CCC1Cc1cnc[nH]1. The first-order valence-electron chi connectivity index (χ1n) is 38.7. The summed E-state index contributed by atoms with van der Waals surface area (Å²) in [7, 11) is 1.95. The quantitative estimate of drug-likeness (QED) is 0.0346. The number of H-pyrrole nitrogens is 7. The highest BCUT2D eigenvalue weighted by atomic mass is 32.1. The largest absolute Gasteiger partial charge is 0.348 e. The van der Waals surface area contributed by atoms with Crippen molar-refractivity contribution in [1.82, 2.24) is 59.4 Å². The molecule has 0 amide bonds. The third-order valence-electron chi connectivity index (χ3n) is 22.3. The van der Waals surface area contributed by atoms with E-state index in [4.69, 9.17) is 48.1 Å². The average Bonchev–Trinajstić information content (AvgIpc) is 1.24.